The van der Waals surface area contributed by atoms with Gasteiger partial charge in [-0.3, -0.25) is 9.69 Å². The summed E-state index contributed by atoms with van der Waals surface area (Å²) >= 11 is 0. The molecule has 0 spiro atoms. The molecule has 5 heteroatoms. The second kappa shape index (κ2) is 6.16. The van der Waals surface area contributed by atoms with Crippen LogP contribution in [0.15, 0.2) is 24.3 Å². The van der Waals surface area contributed by atoms with Gasteiger partial charge in [0.25, 0.3) is 0 Å². The van der Waals surface area contributed by atoms with Gasteiger partial charge in [0, 0.05) is 43.9 Å². The minimum atomic E-state index is -0.0649. The number of carbonyl (C=O) groups is 1. The number of methoxy groups -OCH3 is 1. The number of esters is 1. The summed E-state index contributed by atoms with van der Waals surface area (Å²) in [5, 5.41) is 0. The summed E-state index contributed by atoms with van der Waals surface area (Å²) in [4.78, 5) is 16.6. The van der Waals surface area contributed by atoms with Crippen molar-refractivity contribution in [2.24, 2.45) is 0 Å². The minimum Gasteiger partial charge on any atom is -0.497 e. The average molecular weight is 304 g/mol. The monoisotopic (exact) mass is 304 g/mol. The van der Waals surface area contributed by atoms with Gasteiger partial charge >= 0.3 is 5.97 Å². The first kappa shape index (κ1) is 15.2. The Morgan fingerprint density at radius 3 is 2.73 bits per heavy atom. The third kappa shape index (κ3) is 2.90. The maximum Gasteiger partial charge on any atom is 0.323 e. The van der Waals surface area contributed by atoms with Crippen LogP contribution in [0.3, 0.4) is 0 Å². The molecule has 5 nitrogen and oxygen atoms in total. The van der Waals surface area contributed by atoms with Crippen LogP contribution in [0.1, 0.15) is 20.3 Å². The van der Waals surface area contributed by atoms with Crippen molar-refractivity contribution < 1.29 is 14.3 Å². The van der Waals surface area contributed by atoms with E-state index in [0.717, 1.165) is 31.8 Å². The standard InChI is InChI=1S/C17H24N2O3/c1-12-11-18(16-9-13(2)22-17(16)20)7-8-19(12)14-5-4-6-15(10-14)21-3/h4-6,10,12-13,16H,7-9,11H2,1-3H3/t12-,13-,16+/m0/s1. The Morgan fingerprint density at radius 2 is 2.09 bits per heavy atom. The molecule has 0 radical (unpaired) electrons. The molecule has 2 fully saturated rings. The van der Waals surface area contributed by atoms with Crippen molar-refractivity contribution in [3.05, 3.63) is 24.3 Å². The second-order valence-electron chi connectivity index (χ2n) is 6.24. The Labute approximate surface area is 131 Å². The van der Waals surface area contributed by atoms with Crippen LogP contribution in [-0.4, -0.2) is 55.8 Å². The van der Waals surface area contributed by atoms with E-state index in [4.69, 9.17) is 9.47 Å². The van der Waals surface area contributed by atoms with Crippen LogP contribution in [0.2, 0.25) is 0 Å². The SMILES string of the molecule is COc1cccc(N2CCN([C@@H]3C[C@H](C)OC3=O)C[C@@H]2C)c1. The van der Waals surface area contributed by atoms with Gasteiger partial charge in [-0.2, -0.15) is 0 Å². The Hall–Kier alpha value is -1.75. The first-order valence-corrected chi connectivity index (χ1v) is 7.93. The van der Waals surface area contributed by atoms with Gasteiger partial charge < -0.3 is 14.4 Å². The molecule has 0 aromatic heterocycles. The number of cyclic esters (lactones) is 1. The summed E-state index contributed by atoms with van der Waals surface area (Å²) in [5.41, 5.74) is 1.17. The average Bonchev–Trinajstić information content (AvgIpc) is 2.86. The van der Waals surface area contributed by atoms with Gasteiger partial charge in [-0.15, -0.1) is 0 Å². The summed E-state index contributed by atoms with van der Waals surface area (Å²) in [6, 6.07) is 8.44. The highest BCUT2D eigenvalue weighted by molar-refractivity contribution is 5.78. The molecule has 1 aromatic rings. The zero-order valence-electron chi connectivity index (χ0n) is 13.5. The number of anilines is 1. The van der Waals surface area contributed by atoms with Crippen molar-refractivity contribution in [1.29, 1.82) is 0 Å². The molecule has 2 saturated heterocycles. The number of rotatable bonds is 3. The molecule has 0 saturated carbocycles. The van der Waals surface area contributed by atoms with Crippen LogP contribution in [0.25, 0.3) is 0 Å². The molecule has 22 heavy (non-hydrogen) atoms. The van der Waals surface area contributed by atoms with E-state index in [1.165, 1.54) is 5.69 Å². The molecule has 0 unspecified atom stereocenters. The van der Waals surface area contributed by atoms with Crippen LogP contribution in [0.4, 0.5) is 5.69 Å². The molecule has 3 rings (SSSR count). The first-order chi connectivity index (χ1) is 10.6. The fraction of sp³-hybridized carbons (Fsp3) is 0.588. The molecule has 2 aliphatic rings. The van der Waals surface area contributed by atoms with E-state index in [-0.39, 0.29) is 18.1 Å². The van der Waals surface area contributed by atoms with Crippen molar-refractivity contribution in [3.63, 3.8) is 0 Å². The quantitative estimate of drug-likeness (QED) is 0.798. The zero-order valence-corrected chi connectivity index (χ0v) is 13.5. The van der Waals surface area contributed by atoms with Crippen LogP contribution >= 0.6 is 0 Å². The third-order valence-electron chi connectivity index (χ3n) is 4.63. The zero-order chi connectivity index (χ0) is 15.7. The maximum atomic E-state index is 11.9. The fourth-order valence-electron chi connectivity index (χ4n) is 3.48. The predicted octanol–water partition coefficient (Wildman–Crippen LogP) is 1.91. The number of piperazine rings is 1. The molecule has 3 atom stereocenters. The lowest BCUT2D eigenvalue weighted by molar-refractivity contribution is -0.145. The molecular formula is C17H24N2O3. The molecule has 0 bridgehead atoms. The van der Waals surface area contributed by atoms with E-state index in [1.54, 1.807) is 7.11 Å². The van der Waals surface area contributed by atoms with E-state index in [0.29, 0.717) is 6.04 Å². The molecule has 0 amide bonds. The van der Waals surface area contributed by atoms with Crippen molar-refractivity contribution in [2.45, 2.75) is 38.5 Å². The number of ether oxygens (including phenoxy) is 2. The van der Waals surface area contributed by atoms with Gasteiger partial charge in [0.2, 0.25) is 0 Å². The van der Waals surface area contributed by atoms with Crippen LogP contribution in [-0.2, 0) is 9.53 Å². The lowest BCUT2D eigenvalue weighted by Crippen LogP contribution is -2.56. The minimum absolute atomic E-state index is 0.0456. The van der Waals surface area contributed by atoms with Crippen LogP contribution in [0, 0.1) is 0 Å². The van der Waals surface area contributed by atoms with Gasteiger partial charge in [0.15, 0.2) is 0 Å². The number of benzene rings is 1. The molecule has 2 aliphatic heterocycles. The molecular weight excluding hydrogens is 280 g/mol. The second-order valence-corrected chi connectivity index (χ2v) is 6.24. The largest absolute Gasteiger partial charge is 0.497 e. The first-order valence-electron chi connectivity index (χ1n) is 7.93. The normalized spacial score (nSPS) is 29.5. The Kier molecular flexibility index (Phi) is 4.25. The lowest BCUT2D eigenvalue weighted by atomic mass is 10.1. The Bertz CT molecular complexity index is 548. The summed E-state index contributed by atoms with van der Waals surface area (Å²) in [6.07, 6.45) is 0.856. The molecule has 120 valence electrons. The smallest absolute Gasteiger partial charge is 0.323 e. The number of hydrogen-bond acceptors (Lipinski definition) is 5. The summed E-state index contributed by atoms with van der Waals surface area (Å²) in [5.74, 6) is 0.815. The van der Waals surface area contributed by atoms with Crippen molar-refractivity contribution in [3.8, 4) is 5.75 Å². The van der Waals surface area contributed by atoms with E-state index in [2.05, 4.69) is 28.9 Å². The highest BCUT2D eigenvalue weighted by atomic mass is 16.6. The van der Waals surface area contributed by atoms with Gasteiger partial charge in [0.1, 0.15) is 17.9 Å². The highest BCUT2D eigenvalue weighted by Gasteiger charge is 2.39. The summed E-state index contributed by atoms with van der Waals surface area (Å²) in [7, 11) is 1.69. The van der Waals surface area contributed by atoms with Gasteiger partial charge in [0.05, 0.1) is 7.11 Å². The predicted molar refractivity (Wildman–Crippen MR) is 85.3 cm³/mol. The summed E-state index contributed by atoms with van der Waals surface area (Å²) in [6.45, 7) is 6.84. The third-order valence-corrected chi connectivity index (χ3v) is 4.63. The lowest BCUT2D eigenvalue weighted by Gasteiger charge is -2.42. The topological polar surface area (TPSA) is 42.0 Å². The Morgan fingerprint density at radius 1 is 1.27 bits per heavy atom. The van der Waals surface area contributed by atoms with E-state index in [1.807, 2.05) is 19.1 Å². The van der Waals surface area contributed by atoms with Crippen molar-refractivity contribution in [2.75, 3.05) is 31.6 Å². The van der Waals surface area contributed by atoms with Crippen molar-refractivity contribution in [1.82, 2.24) is 4.90 Å². The summed E-state index contributed by atoms with van der Waals surface area (Å²) < 4.78 is 10.6. The maximum absolute atomic E-state index is 11.9. The van der Waals surface area contributed by atoms with E-state index >= 15 is 0 Å². The van der Waals surface area contributed by atoms with Gasteiger partial charge in [-0.1, -0.05) is 6.07 Å². The molecule has 1 aromatic carbocycles. The molecule has 0 N–H and O–H groups in total. The van der Waals surface area contributed by atoms with E-state index < -0.39 is 0 Å². The molecule has 2 heterocycles. The van der Waals surface area contributed by atoms with Gasteiger partial charge in [-0.05, 0) is 26.0 Å². The molecule has 0 aliphatic carbocycles. The van der Waals surface area contributed by atoms with Crippen LogP contribution in [0.5, 0.6) is 5.75 Å². The number of hydrogen-bond donors (Lipinski definition) is 0. The Balaban J connectivity index is 1.68. The van der Waals surface area contributed by atoms with E-state index in [9.17, 15) is 4.79 Å². The fourth-order valence-corrected chi connectivity index (χ4v) is 3.48. The number of carbonyl (C=O) groups excluding carboxylic acids is 1. The number of nitrogens with zero attached hydrogens (tertiary/aromatic N) is 2. The van der Waals surface area contributed by atoms with Crippen molar-refractivity contribution >= 4 is 11.7 Å². The van der Waals surface area contributed by atoms with Gasteiger partial charge in [-0.25, -0.2) is 0 Å². The van der Waals surface area contributed by atoms with Crippen LogP contribution < -0.4 is 9.64 Å². The highest BCUT2D eigenvalue weighted by Crippen LogP contribution is 2.27.